The minimum Gasteiger partial charge on any atom is -0.419 e. The topological polar surface area (TPSA) is 161 Å². The Kier molecular flexibility index (Phi) is 10.2. The second-order valence-electron chi connectivity index (χ2n) is 11.0. The van der Waals surface area contributed by atoms with Crippen LogP contribution in [0.15, 0.2) is 21.4 Å². The number of nitrogens with one attached hydrogen (secondary N) is 1. The molecule has 0 aliphatic carbocycles. The van der Waals surface area contributed by atoms with Crippen molar-refractivity contribution in [1.29, 1.82) is 0 Å². The van der Waals surface area contributed by atoms with Crippen LogP contribution >= 0.6 is 34.5 Å². The number of halogens is 6. The Hall–Kier alpha value is -2.86. The predicted molar refractivity (Wildman–Crippen MR) is 158 cm³/mol. The number of carbonyl (C=O) groups is 2. The molecule has 0 radical (unpaired) electrons. The van der Waals surface area contributed by atoms with Gasteiger partial charge in [0.2, 0.25) is 21.8 Å². The van der Waals surface area contributed by atoms with Gasteiger partial charge in [-0.15, -0.1) is 21.5 Å². The Morgan fingerprint density at radius 3 is 2.40 bits per heavy atom. The molecule has 19 heteroatoms. The number of alkyl halides is 4. The predicted octanol–water partition coefficient (Wildman–Crippen LogP) is 5.41. The van der Waals surface area contributed by atoms with Gasteiger partial charge in [0.25, 0.3) is 11.8 Å². The maximum atomic E-state index is 13.8. The molecule has 3 heterocycles. The molecule has 0 saturated carbocycles. The van der Waals surface area contributed by atoms with E-state index in [9.17, 15) is 35.6 Å². The third kappa shape index (κ3) is 7.59. The molecule has 2 aromatic heterocycles. The van der Waals surface area contributed by atoms with E-state index < -0.39 is 62.0 Å². The number of hydrogen-bond acceptors (Lipinski definition) is 9. The first-order valence-corrected chi connectivity index (χ1v) is 16.6. The van der Waals surface area contributed by atoms with E-state index in [1.165, 1.54) is 17.9 Å². The number of aromatic nitrogens is 3. The van der Waals surface area contributed by atoms with Crippen molar-refractivity contribution in [3.05, 3.63) is 33.8 Å². The molecule has 0 bridgehead atoms. The Morgan fingerprint density at radius 1 is 1.18 bits per heavy atom. The van der Waals surface area contributed by atoms with Crippen molar-refractivity contribution in [2.45, 2.75) is 69.7 Å². The standard InChI is InChI=1S/C26H28Cl2F4N6O5S2/c1-4-15(26(30,31)32)37-45(41,42)14-6-5-13(17(27)18(14)28)20-19(23(39)38-9-7-12(29)8-10-38)34-22(44-20)21-36-35-16(43-21)11-25(2,3)24(33)40/h5-6,12,15,37H,4,7-11H2,1-3H3,(H2,33,40)/t15-/m0/s1. The van der Waals surface area contributed by atoms with E-state index in [1.54, 1.807) is 18.6 Å². The maximum absolute atomic E-state index is 13.8. The van der Waals surface area contributed by atoms with Gasteiger partial charge in [-0.1, -0.05) is 50.0 Å². The van der Waals surface area contributed by atoms with Crippen LogP contribution in [0.4, 0.5) is 17.6 Å². The summed E-state index contributed by atoms with van der Waals surface area (Å²) in [5.74, 6) is -1.23. The van der Waals surface area contributed by atoms with E-state index in [0.29, 0.717) is 0 Å². The summed E-state index contributed by atoms with van der Waals surface area (Å²) in [6, 6.07) is -0.214. The lowest BCUT2D eigenvalue weighted by molar-refractivity contribution is -0.151. The van der Waals surface area contributed by atoms with Crippen LogP contribution in [0.3, 0.4) is 0 Å². The van der Waals surface area contributed by atoms with Crippen molar-refractivity contribution in [3.8, 4) is 21.3 Å². The number of sulfonamides is 1. The van der Waals surface area contributed by atoms with Crippen LogP contribution in [0, 0.1) is 5.41 Å². The molecule has 1 aliphatic rings. The zero-order valence-corrected chi connectivity index (χ0v) is 27.2. The molecule has 0 unspecified atom stereocenters. The smallest absolute Gasteiger partial charge is 0.404 e. The first-order chi connectivity index (χ1) is 20.9. The number of hydrogen-bond donors (Lipinski definition) is 2. The van der Waals surface area contributed by atoms with E-state index in [0.717, 1.165) is 17.4 Å². The number of piperidine rings is 1. The lowest BCUT2D eigenvalue weighted by Crippen LogP contribution is -2.44. The van der Waals surface area contributed by atoms with Crippen molar-refractivity contribution in [3.63, 3.8) is 0 Å². The van der Waals surface area contributed by atoms with Crippen LogP contribution in [-0.4, -0.2) is 71.8 Å². The highest BCUT2D eigenvalue weighted by molar-refractivity contribution is 7.89. The fraction of sp³-hybridized carbons (Fsp3) is 0.500. The summed E-state index contributed by atoms with van der Waals surface area (Å²) < 4.78 is 86.8. The van der Waals surface area contributed by atoms with Crippen molar-refractivity contribution < 1.29 is 40.0 Å². The van der Waals surface area contributed by atoms with E-state index in [4.69, 9.17) is 33.4 Å². The van der Waals surface area contributed by atoms with Crippen molar-refractivity contribution >= 4 is 56.4 Å². The van der Waals surface area contributed by atoms with E-state index in [1.807, 2.05) is 0 Å². The zero-order chi connectivity index (χ0) is 33.5. The van der Waals surface area contributed by atoms with Crippen LogP contribution < -0.4 is 10.5 Å². The molecular weight excluding hydrogens is 687 g/mol. The number of thiazole rings is 1. The van der Waals surface area contributed by atoms with Gasteiger partial charge in [0.1, 0.15) is 22.8 Å². The summed E-state index contributed by atoms with van der Waals surface area (Å²) in [7, 11) is -4.79. The summed E-state index contributed by atoms with van der Waals surface area (Å²) in [5.41, 5.74) is 4.31. The molecule has 1 fully saturated rings. The van der Waals surface area contributed by atoms with Gasteiger partial charge in [-0.25, -0.2) is 17.8 Å². The largest absolute Gasteiger partial charge is 0.419 e. The fourth-order valence-electron chi connectivity index (χ4n) is 4.36. The number of nitrogens with zero attached hydrogens (tertiary/aromatic N) is 4. The van der Waals surface area contributed by atoms with Gasteiger partial charge in [-0.3, -0.25) is 9.59 Å². The molecular formula is C26H28Cl2F4N6O5S2. The molecule has 1 aromatic carbocycles. The van der Waals surface area contributed by atoms with Crippen LogP contribution in [0.5, 0.6) is 0 Å². The van der Waals surface area contributed by atoms with Gasteiger partial charge in [-0.05, 0) is 25.3 Å². The Balaban J connectivity index is 1.78. The number of rotatable bonds is 10. The van der Waals surface area contributed by atoms with Gasteiger partial charge >= 0.3 is 6.18 Å². The van der Waals surface area contributed by atoms with Crippen molar-refractivity contribution in [2.75, 3.05) is 13.1 Å². The molecule has 1 aliphatic heterocycles. The second-order valence-corrected chi connectivity index (χ2v) is 14.4. The van der Waals surface area contributed by atoms with Gasteiger partial charge in [0, 0.05) is 25.1 Å². The molecule has 1 atom stereocenters. The van der Waals surface area contributed by atoms with Crippen molar-refractivity contribution in [1.82, 2.24) is 24.8 Å². The van der Waals surface area contributed by atoms with E-state index in [2.05, 4.69) is 15.2 Å². The monoisotopic (exact) mass is 714 g/mol. The SMILES string of the molecule is CC[C@H](NS(=O)(=O)c1ccc(-c2sc(-c3nnc(CC(C)(C)C(N)=O)o3)nc2C(=O)N2CCC(F)CC2)c(Cl)c1Cl)C(F)(F)F. The highest BCUT2D eigenvalue weighted by atomic mass is 35.5. The van der Waals surface area contributed by atoms with Gasteiger partial charge < -0.3 is 15.1 Å². The normalized spacial score (nSPS) is 15.8. The summed E-state index contributed by atoms with van der Waals surface area (Å²) in [6.07, 6.45) is -6.25. The quantitative estimate of drug-likeness (QED) is 0.264. The van der Waals surface area contributed by atoms with Crippen LogP contribution in [0.1, 0.15) is 56.4 Å². The maximum Gasteiger partial charge on any atom is 0.404 e. The second kappa shape index (κ2) is 13.1. The number of benzene rings is 1. The van der Waals surface area contributed by atoms with E-state index in [-0.39, 0.29) is 70.3 Å². The molecule has 0 spiro atoms. The molecule has 1 saturated heterocycles. The number of likely N-dealkylation sites (tertiary alicyclic amines) is 1. The number of amides is 2. The van der Waals surface area contributed by atoms with Crippen LogP contribution in [-0.2, 0) is 21.2 Å². The van der Waals surface area contributed by atoms with Gasteiger partial charge in [0.15, 0.2) is 5.01 Å². The van der Waals surface area contributed by atoms with Crippen LogP contribution in [0.25, 0.3) is 21.3 Å². The lowest BCUT2D eigenvalue weighted by Gasteiger charge is -2.28. The summed E-state index contributed by atoms with van der Waals surface area (Å²) in [5, 5.41) is 7.01. The summed E-state index contributed by atoms with van der Waals surface area (Å²) in [6.45, 7) is 4.56. The molecule has 4 rings (SSSR count). The number of carbonyl (C=O) groups excluding carboxylic acids is 2. The Labute approximate surface area is 269 Å². The molecule has 246 valence electrons. The minimum absolute atomic E-state index is 0.0101. The fourth-order valence-corrected chi connectivity index (χ4v) is 7.60. The summed E-state index contributed by atoms with van der Waals surface area (Å²) >= 11 is 13.7. The molecule has 11 nitrogen and oxygen atoms in total. The number of primary amides is 1. The minimum atomic E-state index is -4.85. The first kappa shape index (κ1) is 35.0. The summed E-state index contributed by atoms with van der Waals surface area (Å²) in [4.78, 5) is 30.6. The Morgan fingerprint density at radius 2 is 1.82 bits per heavy atom. The van der Waals surface area contributed by atoms with Crippen molar-refractivity contribution in [2.24, 2.45) is 11.1 Å². The molecule has 3 aromatic rings. The average molecular weight is 716 g/mol. The molecule has 45 heavy (non-hydrogen) atoms. The molecule has 2 amide bonds. The van der Waals surface area contributed by atoms with E-state index >= 15 is 0 Å². The first-order valence-electron chi connectivity index (χ1n) is 13.5. The third-order valence-electron chi connectivity index (χ3n) is 7.13. The highest BCUT2D eigenvalue weighted by Gasteiger charge is 2.42. The highest BCUT2D eigenvalue weighted by Crippen LogP contribution is 2.44. The van der Waals surface area contributed by atoms with Crippen LogP contribution in [0.2, 0.25) is 10.0 Å². The average Bonchev–Trinajstić information content (AvgIpc) is 3.59. The third-order valence-corrected chi connectivity index (χ3v) is 10.7. The Bertz CT molecular complexity index is 1710. The number of nitrogens with two attached hydrogens (primary N) is 1. The lowest BCUT2D eigenvalue weighted by atomic mass is 9.89. The van der Waals surface area contributed by atoms with Gasteiger partial charge in [0.05, 0.1) is 20.3 Å². The van der Waals surface area contributed by atoms with Gasteiger partial charge in [-0.2, -0.15) is 17.9 Å². The molecule has 3 N–H and O–H groups in total. The zero-order valence-electron chi connectivity index (χ0n) is 24.0.